The van der Waals surface area contributed by atoms with Crippen LogP contribution in [0.15, 0.2) is 0 Å². The molecule has 1 atom stereocenters. The molecule has 1 unspecified atom stereocenters. The highest BCUT2D eigenvalue weighted by atomic mass is 16.6. The van der Waals surface area contributed by atoms with E-state index < -0.39 is 0 Å². The predicted molar refractivity (Wildman–Crippen MR) is 28.7 cm³/mol. The van der Waals surface area contributed by atoms with Gasteiger partial charge in [-0.2, -0.15) is 0 Å². The molecule has 0 amide bonds. The predicted octanol–water partition coefficient (Wildman–Crippen LogP) is 0.422. The molecule has 2 nitrogen and oxygen atoms in total. The highest BCUT2D eigenvalue weighted by Crippen LogP contribution is 2.23. The lowest BCUT2D eigenvalue weighted by molar-refractivity contribution is -0.0382. The van der Waals surface area contributed by atoms with Crippen molar-refractivity contribution in [2.24, 2.45) is 5.92 Å². The van der Waals surface area contributed by atoms with Crippen LogP contribution in [0.3, 0.4) is 0 Å². The zero-order valence-corrected chi connectivity index (χ0v) is 4.80. The summed E-state index contributed by atoms with van der Waals surface area (Å²) in [6, 6.07) is 0. The first kappa shape index (κ1) is 4.77. The van der Waals surface area contributed by atoms with Crippen molar-refractivity contribution in [3.05, 3.63) is 0 Å². The summed E-state index contributed by atoms with van der Waals surface area (Å²) in [6.07, 6.45) is 1.84. The second-order valence-electron chi connectivity index (χ2n) is 2.59. The summed E-state index contributed by atoms with van der Waals surface area (Å²) in [5.74, 6) is 0.822. The second-order valence-corrected chi connectivity index (χ2v) is 2.59. The third-order valence-electron chi connectivity index (χ3n) is 1.71. The van der Waals surface area contributed by atoms with Crippen molar-refractivity contribution in [3.8, 4) is 0 Å². The zero-order chi connectivity index (χ0) is 5.40. The van der Waals surface area contributed by atoms with E-state index in [1.54, 1.807) is 0 Å². The Morgan fingerprint density at radius 3 is 2.38 bits per heavy atom. The summed E-state index contributed by atoms with van der Waals surface area (Å²) in [7, 11) is 0. The standard InChI is InChI=1S/C6H10O2/c1(6-4-8-6)5-2-7-3-5/h5-6H,1-4H2. The molecule has 8 heavy (non-hydrogen) atoms. The Labute approximate surface area is 48.8 Å². The summed E-state index contributed by atoms with van der Waals surface area (Å²) in [4.78, 5) is 0. The summed E-state index contributed by atoms with van der Waals surface area (Å²) in [5.41, 5.74) is 0. The van der Waals surface area contributed by atoms with Crippen molar-refractivity contribution in [1.29, 1.82) is 0 Å². The number of hydrogen-bond donors (Lipinski definition) is 0. The minimum absolute atomic E-state index is 0.601. The van der Waals surface area contributed by atoms with Crippen LogP contribution in [0.25, 0.3) is 0 Å². The molecular weight excluding hydrogens is 104 g/mol. The number of epoxide rings is 1. The second kappa shape index (κ2) is 1.71. The molecule has 0 spiro atoms. The summed E-state index contributed by atoms with van der Waals surface area (Å²) < 4.78 is 10.1. The van der Waals surface area contributed by atoms with Crippen molar-refractivity contribution in [2.45, 2.75) is 12.5 Å². The summed E-state index contributed by atoms with van der Waals surface area (Å²) in [5, 5.41) is 0. The van der Waals surface area contributed by atoms with Gasteiger partial charge in [0.25, 0.3) is 0 Å². The Balaban J connectivity index is 1.66. The molecule has 2 saturated heterocycles. The van der Waals surface area contributed by atoms with E-state index in [1.807, 2.05) is 0 Å². The van der Waals surface area contributed by atoms with Crippen LogP contribution in [0.2, 0.25) is 0 Å². The highest BCUT2D eigenvalue weighted by Gasteiger charge is 2.29. The van der Waals surface area contributed by atoms with Gasteiger partial charge in [0.2, 0.25) is 0 Å². The monoisotopic (exact) mass is 114 g/mol. The van der Waals surface area contributed by atoms with Crippen LogP contribution in [0.1, 0.15) is 6.42 Å². The van der Waals surface area contributed by atoms with E-state index in [0.29, 0.717) is 6.10 Å². The quantitative estimate of drug-likeness (QED) is 0.485. The van der Waals surface area contributed by atoms with Crippen LogP contribution in [0.4, 0.5) is 0 Å². The number of rotatable bonds is 2. The SMILES string of the molecule is C1OCC1CC1CO1. The van der Waals surface area contributed by atoms with E-state index in [4.69, 9.17) is 9.47 Å². The van der Waals surface area contributed by atoms with Crippen LogP contribution >= 0.6 is 0 Å². The molecule has 2 heterocycles. The Morgan fingerprint density at radius 1 is 1.25 bits per heavy atom. The maximum absolute atomic E-state index is 5.06. The molecule has 2 aliphatic rings. The van der Waals surface area contributed by atoms with Crippen LogP contribution < -0.4 is 0 Å². The van der Waals surface area contributed by atoms with Gasteiger partial charge in [-0.1, -0.05) is 0 Å². The highest BCUT2D eigenvalue weighted by molar-refractivity contribution is 4.76. The van der Waals surface area contributed by atoms with Gasteiger partial charge in [0, 0.05) is 5.92 Å². The van der Waals surface area contributed by atoms with E-state index in [-0.39, 0.29) is 0 Å². The van der Waals surface area contributed by atoms with Gasteiger partial charge in [-0.25, -0.2) is 0 Å². The van der Waals surface area contributed by atoms with E-state index in [1.165, 1.54) is 6.42 Å². The molecule has 0 saturated carbocycles. The Hall–Kier alpha value is -0.0800. The molecule has 2 rings (SSSR count). The molecule has 2 fully saturated rings. The van der Waals surface area contributed by atoms with Crippen LogP contribution in [0, 0.1) is 5.92 Å². The molecule has 0 bridgehead atoms. The molecule has 2 aliphatic heterocycles. The average Bonchev–Trinajstić information content (AvgIpc) is 2.36. The fraction of sp³-hybridized carbons (Fsp3) is 1.00. The Morgan fingerprint density at radius 2 is 2.00 bits per heavy atom. The molecule has 2 heteroatoms. The van der Waals surface area contributed by atoms with Gasteiger partial charge in [-0.05, 0) is 6.42 Å². The molecule has 0 aliphatic carbocycles. The fourth-order valence-corrected chi connectivity index (χ4v) is 0.997. The number of hydrogen-bond acceptors (Lipinski definition) is 2. The van der Waals surface area contributed by atoms with Crippen molar-refractivity contribution >= 4 is 0 Å². The van der Waals surface area contributed by atoms with Crippen molar-refractivity contribution in [1.82, 2.24) is 0 Å². The van der Waals surface area contributed by atoms with Gasteiger partial charge < -0.3 is 9.47 Å². The molecule has 0 N–H and O–H groups in total. The average molecular weight is 114 g/mol. The van der Waals surface area contributed by atoms with Gasteiger partial charge in [0.15, 0.2) is 0 Å². The molecule has 0 aromatic rings. The van der Waals surface area contributed by atoms with Gasteiger partial charge >= 0.3 is 0 Å². The normalized spacial score (nSPS) is 36.8. The maximum atomic E-state index is 5.06. The lowest BCUT2D eigenvalue weighted by Crippen LogP contribution is -2.28. The lowest BCUT2D eigenvalue weighted by atomic mass is 10.0. The first-order valence-electron chi connectivity index (χ1n) is 3.14. The van der Waals surface area contributed by atoms with Gasteiger partial charge in [-0.15, -0.1) is 0 Å². The topological polar surface area (TPSA) is 21.8 Å². The Bertz CT molecular complexity index is 84.5. The number of ether oxygens (including phenoxy) is 2. The van der Waals surface area contributed by atoms with E-state index in [0.717, 1.165) is 25.7 Å². The van der Waals surface area contributed by atoms with Gasteiger partial charge in [0.05, 0.1) is 25.9 Å². The molecule has 0 aromatic heterocycles. The molecule has 0 radical (unpaired) electrons. The smallest absolute Gasteiger partial charge is 0.0814 e. The first-order chi connectivity index (χ1) is 3.95. The third-order valence-corrected chi connectivity index (χ3v) is 1.71. The van der Waals surface area contributed by atoms with Gasteiger partial charge in [-0.3, -0.25) is 0 Å². The fourth-order valence-electron chi connectivity index (χ4n) is 0.997. The van der Waals surface area contributed by atoms with Crippen LogP contribution in [0.5, 0.6) is 0 Å². The van der Waals surface area contributed by atoms with Gasteiger partial charge in [0.1, 0.15) is 0 Å². The zero-order valence-electron chi connectivity index (χ0n) is 4.80. The van der Waals surface area contributed by atoms with Crippen LogP contribution in [-0.2, 0) is 9.47 Å². The largest absolute Gasteiger partial charge is 0.381 e. The van der Waals surface area contributed by atoms with E-state index in [2.05, 4.69) is 0 Å². The minimum Gasteiger partial charge on any atom is -0.381 e. The summed E-state index contributed by atoms with van der Waals surface area (Å²) in [6.45, 7) is 2.94. The van der Waals surface area contributed by atoms with Crippen molar-refractivity contribution < 1.29 is 9.47 Å². The maximum Gasteiger partial charge on any atom is 0.0814 e. The van der Waals surface area contributed by atoms with Crippen molar-refractivity contribution in [2.75, 3.05) is 19.8 Å². The summed E-state index contributed by atoms with van der Waals surface area (Å²) >= 11 is 0. The molecule has 0 aromatic carbocycles. The minimum atomic E-state index is 0.601. The van der Waals surface area contributed by atoms with Crippen molar-refractivity contribution in [3.63, 3.8) is 0 Å². The first-order valence-corrected chi connectivity index (χ1v) is 3.14. The van der Waals surface area contributed by atoms with E-state index >= 15 is 0 Å². The third kappa shape index (κ3) is 0.858. The van der Waals surface area contributed by atoms with E-state index in [9.17, 15) is 0 Å². The lowest BCUT2D eigenvalue weighted by Gasteiger charge is -2.24. The molecule has 46 valence electrons. The Kier molecular flexibility index (Phi) is 1.02. The van der Waals surface area contributed by atoms with Crippen LogP contribution in [-0.4, -0.2) is 25.9 Å². The molecular formula is C6H10O2.